The van der Waals surface area contributed by atoms with Crippen LogP contribution in [-0.4, -0.2) is 58.2 Å². The molecule has 2 aliphatic heterocycles. The third-order valence-corrected chi connectivity index (χ3v) is 5.66. The zero-order chi connectivity index (χ0) is 20.1. The predicted molar refractivity (Wildman–Crippen MR) is 113 cm³/mol. The fourth-order valence-corrected chi connectivity index (χ4v) is 4.00. The Bertz CT molecular complexity index is 820. The Morgan fingerprint density at radius 3 is 2.62 bits per heavy atom. The molecule has 2 aromatic rings. The highest BCUT2D eigenvalue weighted by molar-refractivity contribution is 5.94. The number of aromatic nitrogens is 2. The van der Waals surface area contributed by atoms with Crippen LogP contribution in [0.15, 0.2) is 36.5 Å². The number of rotatable bonds is 5. The van der Waals surface area contributed by atoms with E-state index in [0.717, 1.165) is 62.3 Å². The summed E-state index contributed by atoms with van der Waals surface area (Å²) in [5, 5.41) is 13.1. The van der Waals surface area contributed by atoms with Crippen LogP contribution < -0.4 is 10.2 Å². The molecule has 7 nitrogen and oxygen atoms in total. The van der Waals surface area contributed by atoms with E-state index in [1.165, 1.54) is 6.42 Å². The maximum atomic E-state index is 12.6. The van der Waals surface area contributed by atoms with Crippen molar-refractivity contribution in [3.8, 4) is 0 Å². The van der Waals surface area contributed by atoms with E-state index >= 15 is 0 Å². The van der Waals surface area contributed by atoms with Gasteiger partial charge in [-0.1, -0.05) is 12.1 Å². The third kappa shape index (κ3) is 5.03. The summed E-state index contributed by atoms with van der Waals surface area (Å²) >= 11 is 0. The predicted octanol–water partition coefficient (Wildman–Crippen LogP) is 2.68. The first-order valence-electron chi connectivity index (χ1n) is 10.6. The molecule has 0 aliphatic carbocycles. The second-order valence-electron chi connectivity index (χ2n) is 7.88. The molecule has 1 aromatic heterocycles. The lowest BCUT2D eigenvalue weighted by molar-refractivity contribution is 0.0724. The van der Waals surface area contributed by atoms with Crippen molar-refractivity contribution >= 4 is 17.7 Å². The third-order valence-electron chi connectivity index (χ3n) is 5.66. The van der Waals surface area contributed by atoms with Gasteiger partial charge >= 0.3 is 0 Å². The van der Waals surface area contributed by atoms with Gasteiger partial charge in [0.25, 0.3) is 5.91 Å². The molecule has 7 heteroatoms. The molecule has 1 unspecified atom stereocenters. The van der Waals surface area contributed by atoms with E-state index in [1.54, 1.807) is 6.20 Å². The van der Waals surface area contributed by atoms with E-state index in [4.69, 9.17) is 0 Å². The largest absolute Gasteiger partial charge is 0.391 e. The monoisotopic (exact) mass is 395 g/mol. The molecule has 2 fully saturated rings. The number of anilines is 2. The highest BCUT2D eigenvalue weighted by Crippen LogP contribution is 2.19. The molecule has 0 radical (unpaired) electrons. The van der Waals surface area contributed by atoms with Crippen molar-refractivity contribution in [3.05, 3.63) is 47.7 Å². The second-order valence-corrected chi connectivity index (χ2v) is 7.88. The van der Waals surface area contributed by atoms with Crippen LogP contribution in [0.5, 0.6) is 0 Å². The van der Waals surface area contributed by atoms with Crippen LogP contribution in [0.4, 0.5) is 11.8 Å². The standard InChI is InChI=1S/C22H29N5O2/c28-19-5-4-14-27(16-19)20-10-11-23-22(25-20)24-15-17-6-8-18(9-7-17)21(29)26-12-2-1-3-13-26/h6-11,19,28H,1-5,12-16H2,(H,23,24,25). The van der Waals surface area contributed by atoms with Gasteiger partial charge in [-0.25, -0.2) is 4.98 Å². The van der Waals surface area contributed by atoms with Crippen molar-refractivity contribution in [2.75, 3.05) is 36.4 Å². The molecule has 0 bridgehead atoms. The summed E-state index contributed by atoms with van der Waals surface area (Å²) in [6, 6.07) is 9.65. The number of likely N-dealkylation sites (tertiary alicyclic amines) is 1. The smallest absolute Gasteiger partial charge is 0.253 e. The first-order valence-corrected chi connectivity index (χ1v) is 10.6. The molecule has 154 valence electrons. The number of hydrogen-bond acceptors (Lipinski definition) is 6. The number of carbonyl (C=O) groups excluding carboxylic acids is 1. The van der Waals surface area contributed by atoms with Crippen LogP contribution in [0, 0.1) is 0 Å². The van der Waals surface area contributed by atoms with Gasteiger partial charge < -0.3 is 20.2 Å². The Balaban J connectivity index is 1.34. The minimum atomic E-state index is -0.290. The Kier molecular flexibility index (Phi) is 6.24. The second kappa shape index (κ2) is 9.22. The highest BCUT2D eigenvalue weighted by atomic mass is 16.3. The minimum Gasteiger partial charge on any atom is -0.391 e. The van der Waals surface area contributed by atoms with Gasteiger partial charge in [-0.05, 0) is 55.9 Å². The summed E-state index contributed by atoms with van der Waals surface area (Å²) in [6.07, 6.45) is 6.69. The molecule has 0 saturated carbocycles. The van der Waals surface area contributed by atoms with Crippen LogP contribution in [0.2, 0.25) is 0 Å². The van der Waals surface area contributed by atoms with E-state index in [-0.39, 0.29) is 12.0 Å². The molecule has 3 heterocycles. The summed E-state index contributed by atoms with van der Waals surface area (Å²) in [7, 11) is 0. The Labute approximate surface area is 171 Å². The van der Waals surface area contributed by atoms with Gasteiger partial charge in [-0.3, -0.25) is 4.79 Å². The number of piperidine rings is 2. The fraction of sp³-hybridized carbons (Fsp3) is 0.500. The topological polar surface area (TPSA) is 81.6 Å². The van der Waals surface area contributed by atoms with Crippen LogP contribution in [0.3, 0.4) is 0 Å². The van der Waals surface area contributed by atoms with E-state index in [2.05, 4.69) is 20.2 Å². The Morgan fingerprint density at radius 1 is 1.07 bits per heavy atom. The lowest BCUT2D eigenvalue weighted by atomic mass is 10.1. The number of benzene rings is 1. The summed E-state index contributed by atoms with van der Waals surface area (Å²) in [4.78, 5) is 25.5. The van der Waals surface area contributed by atoms with Gasteiger partial charge in [0.15, 0.2) is 0 Å². The number of aliphatic hydroxyl groups excluding tert-OH is 1. The number of amides is 1. The SMILES string of the molecule is O=C(c1ccc(CNc2nccc(N3CCCC(O)C3)n2)cc1)N1CCCCC1. The van der Waals surface area contributed by atoms with E-state index in [0.29, 0.717) is 19.0 Å². The van der Waals surface area contributed by atoms with E-state index in [9.17, 15) is 9.90 Å². The first-order chi connectivity index (χ1) is 14.2. The zero-order valence-corrected chi connectivity index (χ0v) is 16.8. The van der Waals surface area contributed by atoms with Crippen molar-refractivity contribution < 1.29 is 9.90 Å². The summed E-state index contributed by atoms with van der Waals surface area (Å²) < 4.78 is 0. The number of hydrogen-bond donors (Lipinski definition) is 2. The molecule has 1 atom stereocenters. The lowest BCUT2D eigenvalue weighted by Gasteiger charge is -2.31. The van der Waals surface area contributed by atoms with Crippen molar-refractivity contribution in [3.63, 3.8) is 0 Å². The van der Waals surface area contributed by atoms with Gasteiger partial charge in [0, 0.05) is 44.5 Å². The Hall–Kier alpha value is -2.67. The molecule has 29 heavy (non-hydrogen) atoms. The minimum absolute atomic E-state index is 0.129. The first kappa shape index (κ1) is 19.6. The fourth-order valence-electron chi connectivity index (χ4n) is 4.00. The van der Waals surface area contributed by atoms with Crippen molar-refractivity contribution in [2.45, 2.75) is 44.8 Å². The molecule has 2 saturated heterocycles. The average Bonchev–Trinajstić information content (AvgIpc) is 2.78. The maximum Gasteiger partial charge on any atom is 0.253 e. The van der Waals surface area contributed by atoms with E-state index in [1.807, 2.05) is 35.2 Å². The van der Waals surface area contributed by atoms with Gasteiger partial charge in [0.05, 0.1) is 6.10 Å². The quantitative estimate of drug-likeness (QED) is 0.810. The molecule has 2 aliphatic rings. The Morgan fingerprint density at radius 2 is 1.86 bits per heavy atom. The van der Waals surface area contributed by atoms with Gasteiger partial charge in [0.1, 0.15) is 5.82 Å². The molecule has 1 aromatic carbocycles. The zero-order valence-electron chi connectivity index (χ0n) is 16.8. The molecule has 4 rings (SSSR count). The van der Waals surface area contributed by atoms with Crippen molar-refractivity contribution in [1.29, 1.82) is 0 Å². The van der Waals surface area contributed by atoms with Crippen LogP contribution in [0.25, 0.3) is 0 Å². The summed E-state index contributed by atoms with van der Waals surface area (Å²) in [5.74, 6) is 1.53. The van der Waals surface area contributed by atoms with E-state index < -0.39 is 0 Å². The average molecular weight is 396 g/mol. The summed E-state index contributed by atoms with van der Waals surface area (Å²) in [6.45, 7) is 3.83. The molecule has 1 amide bonds. The molecule has 2 N–H and O–H groups in total. The number of carbonyl (C=O) groups is 1. The van der Waals surface area contributed by atoms with Gasteiger partial charge in [-0.15, -0.1) is 0 Å². The number of nitrogens with zero attached hydrogens (tertiary/aromatic N) is 4. The highest BCUT2D eigenvalue weighted by Gasteiger charge is 2.19. The van der Waals surface area contributed by atoms with Gasteiger partial charge in [-0.2, -0.15) is 4.98 Å². The number of nitrogens with one attached hydrogen (secondary N) is 1. The van der Waals surface area contributed by atoms with Crippen molar-refractivity contribution in [1.82, 2.24) is 14.9 Å². The molecular weight excluding hydrogens is 366 g/mol. The summed E-state index contributed by atoms with van der Waals surface area (Å²) in [5.41, 5.74) is 1.82. The van der Waals surface area contributed by atoms with Crippen LogP contribution in [0.1, 0.15) is 48.0 Å². The lowest BCUT2D eigenvalue weighted by Crippen LogP contribution is -2.38. The molecule has 0 spiro atoms. The normalized spacial score (nSPS) is 19.8. The number of β-amino-alcohol motifs (C(OH)–C–C–N with tert-alkyl or cyclic N) is 1. The maximum absolute atomic E-state index is 12.6. The van der Waals surface area contributed by atoms with Crippen molar-refractivity contribution in [2.24, 2.45) is 0 Å². The number of aliphatic hydroxyl groups is 1. The van der Waals surface area contributed by atoms with Crippen LogP contribution >= 0.6 is 0 Å². The molecular formula is C22H29N5O2. The van der Waals surface area contributed by atoms with Gasteiger partial charge in [0.2, 0.25) is 5.95 Å². The van der Waals surface area contributed by atoms with Crippen LogP contribution in [-0.2, 0) is 6.54 Å².